The number of rotatable bonds is 3. The van der Waals surface area contributed by atoms with Crippen LogP contribution in [0.25, 0.3) is 0 Å². The third-order valence-electron chi connectivity index (χ3n) is 2.46. The Kier molecular flexibility index (Phi) is 4.89. The summed E-state index contributed by atoms with van der Waals surface area (Å²) in [6.45, 7) is 3.74. The Balaban J connectivity index is 3.17. The monoisotopic (exact) mass is 281 g/mol. The molecule has 0 saturated carbocycles. The summed E-state index contributed by atoms with van der Waals surface area (Å²) in [5, 5.41) is 11.0. The molecule has 0 radical (unpaired) electrons. The number of halogens is 3. The van der Waals surface area contributed by atoms with Gasteiger partial charge in [-0.25, -0.2) is 0 Å². The highest BCUT2D eigenvalue weighted by Crippen LogP contribution is 2.36. The first-order valence-corrected chi connectivity index (χ1v) is 6.06. The van der Waals surface area contributed by atoms with Crippen molar-refractivity contribution in [1.82, 2.24) is 0 Å². The third-order valence-corrected chi connectivity index (χ3v) is 3.61. The molecule has 0 fully saturated rings. The van der Waals surface area contributed by atoms with Gasteiger partial charge in [0.1, 0.15) is 0 Å². The molecular weight excluding hydrogens is 268 g/mol. The molecule has 0 unspecified atom stereocenters. The van der Waals surface area contributed by atoms with Gasteiger partial charge in [-0.05, 0) is 18.1 Å². The second kappa shape index (κ2) is 5.56. The molecule has 0 heterocycles. The maximum absolute atomic E-state index is 9.90. The Hall–Kier alpha value is 0.01000. The lowest BCUT2D eigenvalue weighted by Gasteiger charge is -2.24. The lowest BCUT2D eigenvalue weighted by atomic mass is 9.94. The van der Waals surface area contributed by atoms with Gasteiger partial charge in [0.2, 0.25) is 0 Å². The summed E-state index contributed by atoms with van der Waals surface area (Å²) in [5.41, 5.74) is 6.43. The molecule has 0 bridgehead atoms. The minimum absolute atomic E-state index is 0.0149. The number of nitrogens with two attached hydrogens (primary N) is 1. The number of aliphatic hydroxyl groups excluding tert-OH is 1. The van der Waals surface area contributed by atoms with Crippen LogP contribution in [0.3, 0.4) is 0 Å². The maximum Gasteiger partial charge on any atom is 0.0756 e. The molecular formula is C11H14Cl3NO. The second-order valence-corrected chi connectivity index (χ2v) is 5.21. The fourth-order valence-electron chi connectivity index (χ4n) is 1.43. The van der Waals surface area contributed by atoms with Crippen molar-refractivity contribution in [3.05, 3.63) is 32.8 Å². The Morgan fingerprint density at radius 3 is 2.12 bits per heavy atom. The van der Waals surface area contributed by atoms with Crippen LogP contribution in [0.15, 0.2) is 12.1 Å². The third kappa shape index (κ3) is 2.82. The number of aliphatic hydroxyl groups is 1. The first-order chi connectivity index (χ1) is 7.36. The maximum atomic E-state index is 9.90. The van der Waals surface area contributed by atoms with E-state index in [1.165, 1.54) is 0 Å². The highest BCUT2D eigenvalue weighted by Gasteiger charge is 2.25. The quantitative estimate of drug-likeness (QED) is 0.831. The summed E-state index contributed by atoms with van der Waals surface area (Å²) in [7, 11) is 0. The Bertz CT molecular complexity index is 382. The molecule has 5 heteroatoms. The zero-order valence-electron chi connectivity index (χ0n) is 9.05. The molecule has 0 saturated heterocycles. The van der Waals surface area contributed by atoms with Crippen molar-refractivity contribution in [3.8, 4) is 0 Å². The zero-order chi connectivity index (χ0) is 12.5. The number of hydrogen-bond donors (Lipinski definition) is 2. The van der Waals surface area contributed by atoms with E-state index in [1.54, 1.807) is 12.1 Å². The van der Waals surface area contributed by atoms with Crippen LogP contribution in [0.5, 0.6) is 0 Å². The van der Waals surface area contributed by atoms with Crippen molar-refractivity contribution in [2.45, 2.75) is 26.0 Å². The highest BCUT2D eigenvalue weighted by molar-refractivity contribution is 6.44. The van der Waals surface area contributed by atoms with Crippen LogP contribution < -0.4 is 5.73 Å². The van der Waals surface area contributed by atoms with E-state index in [2.05, 4.69) is 0 Å². The molecule has 90 valence electrons. The Labute approximate surface area is 110 Å². The van der Waals surface area contributed by atoms with Gasteiger partial charge < -0.3 is 10.8 Å². The summed E-state index contributed by atoms with van der Waals surface area (Å²) in [5.74, 6) is 0.0149. The van der Waals surface area contributed by atoms with Crippen molar-refractivity contribution < 1.29 is 5.11 Å². The van der Waals surface area contributed by atoms with Gasteiger partial charge in [0.15, 0.2) is 0 Å². The van der Waals surface area contributed by atoms with E-state index in [1.807, 2.05) is 13.8 Å². The van der Waals surface area contributed by atoms with E-state index < -0.39 is 12.1 Å². The molecule has 0 aliphatic heterocycles. The predicted octanol–water partition coefficient (Wildman–Crippen LogP) is 3.66. The number of hydrogen-bond acceptors (Lipinski definition) is 2. The molecule has 0 aliphatic carbocycles. The average molecular weight is 283 g/mol. The fourth-order valence-corrected chi connectivity index (χ4v) is 2.22. The molecule has 0 amide bonds. The summed E-state index contributed by atoms with van der Waals surface area (Å²) >= 11 is 17.9. The van der Waals surface area contributed by atoms with Gasteiger partial charge in [-0.1, -0.05) is 48.7 Å². The lowest BCUT2D eigenvalue weighted by Crippen LogP contribution is -2.31. The molecule has 16 heavy (non-hydrogen) atoms. The van der Waals surface area contributed by atoms with E-state index in [4.69, 9.17) is 40.5 Å². The normalized spacial score (nSPS) is 15.2. The van der Waals surface area contributed by atoms with Crippen LogP contribution in [0.4, 0.5) is 0 Å². The largest absolute Gasteiger partial charge is 0.391 e. The van der Waals surface area contributed by atoms with Gasteiger partial charge in [-0.15, -0.1) is 0 Å². The molecule has 1 aromatic carbocycles. The van der Waals surface area contributed by atoms with Gasteiger partial charge in [0.05, 0.1) is 22.2 Å². The van der Waals surface area contributed by atoms with Crippen LogP contribution in [0.2, 0.25) is 15.1 Å². The van der Waals surface area contributed by atoms with Crippen LogP contribution >= 0.6 is 34.8 Å². The minimum atomic E-state index is -0.714. The van der Waals surface area contributed by atoms with E-state index in [-0.39, 0.29) is 5.92 Å². The molecule has 0 aliphatic rings. The van der Waals surface area contributed by atoms with Crippen LogP contribution in [-0.4, -0.2) is 11.2 Å². The average Bonchev–Trinajstić information content (AvgIpc) is 2.22. The molecule has 1 rings (SSSR count). The van der Waals surface area contributed by atoms with Crippen molar-refractivity contribution in [2.75, 3.05) is 0 Å². The van der Waals surface area contributed by atoms with Crippen molar-refractivity contribution >= 4 is 34.8 Å². The van der Waals surface area contributed by atoms with Crippen molar-refractivity contribution in [3.63, 3.8) is 0 Å². The van der Waals surface area contributed by atoms with E-state index in [0.29, 0.717) is 20.6 Å². The van der Waals surface area contributed by atoms with Crippen molar-refractivity contribution in [2.24, 2.45) is 11.7 Å². The molecule has 3 N–H and O–H groups in total. The summed E-state index contributed by atoms with van der Waals surface area (Å²) < 4.78 is 0. The Morgan fingerprint density at radius 1 is 1.12 bits per heavy atom. The van der Waals surface area contributed by atoms with Gasteiger partial charge in [0, 0.05) is 10.6 Å². The standard InChI is InChI=1S/C11H14Cl3NO/c1-5(2)11(16)10(15)8-6(12)3-4-7(13)9(8)14/h3-5,10-11,16H,15H2,1-2H3/t10-,11+/m0/s1. The fraction of sp³-hybridized carbons (Fsp3) is 0.455. The van der Waals surface area contributed by atoms with E-state index in [9.17, 15) is 5.11 Å². The van der Waals surface area contributed by atoms with Gasteiger partial charge in [-0.2, -0.15) is 0 Å². The highest BCUT2D eigenvalue weighted by atomic mass is 35.5. The number of benzene rings is 1. The summed E-state index contributed by atoms with van der Waals surface area (Å²) in [6.07, 6.45) is -0.714. The zero-order valence-corrected chi connectivity index (χ0v) is 11.3. The Morgan fingerprint density at radius 2 is 1.62 bits per heavy atom. The minimum Gasteiger partial charge on any atom is -0.391 e. The van der Waals surface area contributed by atoms with Crippen LogP contribution in [-0.2, 0) is 0 Å². The predicted molar refractivity (Wildman–Crippen MR) is 69.2 cm³/mol. The van der Waals surface area contributed by atoms with E-state index in [0.717, 1.165) is 0 Å². The molecule has 0 spiro atoms. The van der Waals surface area contributed by atoms with Crippen LogP contribution in [0.1, 0.15) is 25.5 Å². The first-order valence-electron chi connectivity index (χ1n) is 4.93. The molecule has 2 nitrogen and oxygen atoms in total. The van der Waals surface area contributed by atoms with Gasteiger partial charge in [-0.3, -0.25) is 0 Å². The second-order valence-electron chi connectivity index (χ2n) is 4.02. The summed E-state index contributed by atoms with van der Waals surface area (Å²) in [6, 6.07) is 2.58. The van der Waals surface area contributed by atoms with Crippen LogP contribution in [0, 0.1) is 5.92 Å². The van der Waals surface area contributed by atoms with Crippen molar-refractivity contribution in [1.29, 1.82) is 0 Å². The SMILES string of the molecule is CC(C)[C@@H](O)[C@@H](N)c1c(Cl)ccc(Cl)c1Cl. The van der Waals surface area contributed by atoms with E-state index >= 15 is 0 Å². The topological polar surface area (TPSA) is 46.2 Å². The lowest BCUT2D eigenvalue weighted by molar-refractivity contribution is 0.0980. The molecule has 0 aromatic heterocycles. The van der Waals surface area contributed by atoms with Gasteiger partial charge >= 0.3 is 0 Å². The summed E-state index contributed by atoms with van der Waals surface area (Å²) in [4.78, 5) is 0. The smallest absolute Gasteiger partial charge is 0.0756 e. The molecule has 2 atom stereocenters. The molecule has 1 aromatic rings. The first kappa shape index (κ1) is 14.1. The van der Waals surface area contributed by atoms with Gasteiger partial charge in [0.25, 0.3) is 0 Å².